The monoisotopic (exact) mass is 542 g/mol. The first kappa shape index (κ1) is 28.0. The van der Waals surface area contributed by atoms with Gasteiger partial charge in [0, 0.05) is 17.2 Å². The van der Waals surface area contributed by atoms with Gasteiger partial charge in [0.05, 0.1) is 36.3 Å². The standard InChI is InChI=1S/C30H30N4O6/c1-7-12-40-28-25(34(36)37)14-20(15-27(28)39-6)17-31-33-29(32-24-11-9-8-10-21(24)30(33)35)23-16-22(18(2)3)26(38-5)13-19(23)4/h7-11,13-18H,1,12H2,2-6H3. The summed E-state index contributed by atoms with van der Waals surface area (Å²) in [4.78, 5) is 29.8. The molecule has 0 aliphatic carbocycles. The summed E-state index contributed by atoms with van der Waals surface area (Å²) >= 11 is 0. The van der Waals surface area contributed by atoms with Crippen LogP contribution in [-0.4, -0.2) is 41.6 Å². The Balaban J connectivity index is 1.96. The number of methoxy groups -OCH3 is 2. The lowest BCUT2D eigenvalue weighted by Gasteiger charge is -2.17. The van der Waals surface area contributed by atoms with Crippen molar-refractivity contribution in [2.45, 2.75) is 26.7 Å². The zero-order chi connectivity index (χ0) is 29.0. The fourth-order valence-corrected chi connectivity index (χ4v) is 4.35. The molecule has 3 aromatic carbocycles. The third kappa shape index (κ3) is 5.42. The van der Waals surface area contributed by atoms with Gasteiger partial charge in [-0.25, -0.2) is 4.98 Å². The summed E-state index contributed by atoms with van der Waals surface area (Å²) in [6.07, 6.45) is 2.83. The maximum atomic E-state index is 13.7. The van der Waals surface area contributed by atoms with E-state index in [1.54, 1.807) is 31.4 Å². The maximum Gasteiger partial charge on any atom is 0.315 e. The SMILES string of the molecule is C=CCOc1c(OC)cc(C=Nn2c(-c3cc(C(C)C)c(OC)cc3C)nc3ccccc3c2=O)cc1[N+](=O)[O-]. The Hall–Kier alpha value is -4.99. The van der Waals surface area contributed by atoms with Gasteiger partial charge >= 0.3 is 5.69 Å². The van der Waals surface area contributed by atoms with Crippen LogP contribution in [0, 0.1) is 17.0 Å². The van der Waals surface area contributed by atoms with Gasteiger partial charge in [-0.05, 0) is 54.3 Å². The van der Waals surface area contributed by atoms with E-state index in [0.29, 0.717) is 27.9 Å². The molecule has 0 bridgehead atoms. The molecule has 0 aliphatic heterocycles. The smallest absolute Gasteiger partial charge is 0.315 e. The molecule has 0 saturated carbocycles. The molecule has 1 heterocycles. The van der Waals surface area contributed by atoms with Crippen molar-refractivity contribution in [3.05, 3.63) is 98.3 Å². The average molecular weight is 543 g/mol. The van der Waals surface area contributed by atoms with Crippen LogP contribution in [0.25, 0.3) is 22.3 Å². The van der Waals surface area contributed by atoms with Crippen LogP contribution in [0.4, 0.5) is 5.69 Å². The fourth-order valence-electron chi connectivity index (χ4n) is 4.35. The first-order valence-electron chi connectivity index (χ1n) is 12.5. The molecule has 0 radical (unpaired) electrons. The Kier molecular flexibility index (Phi) is 8.28. The Morgan fingerprint density at radius 1 is 1.12 bits per heavy atom. The molecule has 4 aromatic rings. The molecule has 0 saturated heterocycles. The molecular weight excluding hydrogens is 512 g/mol. The number of rotatable bonds is 10. The zero-order valence-corrected chi connectivity index (χ0v) is 23.0. The van der Waals surface area contributed by atoms with Crippen LogP contribution in [0.15, 0.2) is 71.1 Å². The van der Waals surface area contributed by atoms with E-state index in [1.807, 2.05) is 25.1 Å². The highest BCUT2D eigenvalue weighted by Gasteiger charge is 2.22. The lowest BCUT2D eigenvalue weighted by molar-refractivity contribution is -0.385. The quantitative estimate of drug-likeness (QED) is 0.106. The summed E-state index contributed by atoms with van der Waals surface area (Å²) < 4.78 is 17.6. The number of benzene rings is 3. The van der Waals surface area contributed by atoms with Crippen LogP contribution in [0.2, 0.25) is 0 Å². The van der Waals surface area contributed by atoms with E-state index in [-0.39, 0.29) is 35.3 Å². The zero-order valence-electron chi connectivity index (χ0n) is 23.0. The molecule has 4 rings (SSSR count). The Labute approximate surface area is 231 Å². The minimum Gasteiger partial charge on any atom is -0.496 e. The van der Waals surface area contributed by atoms with Crippen molar-refractivity contribution in [1.82, 2.24) is 9.66 Å². The van der Waals surface area contributed by atoms with Crippen molar-refractivity contribution in [2.75, 3.05) is 20.8 Å². The fraction of sp³-hybridized carbons (Fsp3) is 0.233. The Morgan fingerprint density at radius 2 is 1.85 bits per heavy atom. The van der Waals surface area contributed by atoms with Crippen molar-refractivity contribution in [3.63, 3.8) is 0 Å². The molecule has 10 heteroatoms. The maximum absolute atomic E-state index is 13.7. The molecule has 0 atom stereocenters. The van der Waals surface area contributed by atoms with Crippen molar-refractivity contribution < 1.29 is 19.1 Å². The molecule has 0 spiro atoms. The number of nitro benzene ring substituents is 1. The van der Waals surface area contributed by atoms with Crippen molar-refractivity contribution in [1.29, 1.82) is 0 Å². The second kappa shape index (κ2) is 11.8. The second-order valence-electron chi connectivity index (χ2n) is 9.31. The normalized spacial score (nSPS) is 11.2. The van der Waals surface area contributed by atoms with E-state index in [2.05, 4.69) is 25.5 Å². The summed E-state index contributed by atoms with van der Waals surface area (Å²) in [7, 11) is 3.01. The first-order chi connectivity index (χ1) is 19.2. The minimum atomic E-state index is -0.568. The molecule has 206 valence electrons. The second-order valence-corrected chi connectivity index (χ2v) is 9.31. The van der Waals surface area contributed by atoms with Gasteiger partial charge in [-0.1, -0.05) is 38.6 Å². The molecule has 0 amide bonds. The van der Waals surface area contributed by atoms with Crippen LogP contribution in [-0.2, 0) is 0 Å². The van der Waals surface area contributed by atoms with Crippen molar-refractivity contribution in [2.24, 2.45) is 5.10 Å². The van der Waals surface area contributed by atoms with Crippen LogP contribution in [0.5, 0.6) is 17.2 Å². The molecule has 0 aliphatic rings. The largest absolute Gasteiger partial charge is 0.496 e. The van der Waals surface area contributed by atoms with Gasteiger partial charge < -0.3 is 14.2 Å². The summed E-state index contributed by atoms with van der Waals surface area (Å²) in [5, 5.41) is 16.7. The van der Waals surface area contributed by atoms with Crippen LogP contribution >= 0.6 is 0 Å². The third-order valence-corrected chi connectivity index (χ3v) is 6.34. The molecule has 40 heavy (non-hydrogen) atoms. The highest BCUT2D eigenvalue weighted by atomic mass is 16.6. The van der Waals surface area contributed by atoms with Gasteiger partial charge in [-0.3, -0.25) is 14.9 Å². The number of ether oxygens (including phenoxy) is 3. The van der Waals surface area contributed by atoms with Crippen LogP contribution < -0.4 is 19.8 Å². The van der Waals surface area contributed by atoms with Gasteiger partial charge in [-0.2, -0.15) is 9.78 Å². The average Bonchev–Trinajstić information content (AvgIpc) is 2.94. The number of aromatic nitrogens is 2. The van der Waals surface area contributed by atoms with E-state index in [4.69, 9.17) is 19.2 Å². The van der Waals surface area contributed by atoms with E-state index in [9.17, 15) is 14.9 Å². The number of nitro groups is 1. The number of nitrogens with zero attached hydrogens (tertiary/aromatic N) is 4. The molecule has 10 nitrogen and oxygen atoms in total. The van der Waals surface area contributed by atoms with Gasteiger partial charge in [0.2, 0.25) is 5.75 Å². The van der Waals surface area contributed by atoms with Crippen LogP contribution in [0.3, 0.4) is 0 Å². The minimum absolute atomic E-state index is 0.0233. The van der Waals surface area contributed by atoms with E-state index >= 15 is 0 Å². The number of hydrogen-bond acceptors (Lipinski definition) is 8. The van der Waals surface area contributed by atoms with Gasteiger partial charge in [0.15, 0.2) is 11.6 Å². The number of hydrogen-bond donors (Lipinski definition) is 0. The predicted octanol–water partition coefficient (Wildman–Crippen LogP) is 5.87. The Morgan fingerprint density at radius 3 is 2.50 bits per heavy atom. The van der Waals surface area contributed by atoms with Crippen molar-refractivity contribution in [3.8, 4) is 28.6 Å². The number of fused-ring (bicyclic) bond motifs is 1. The lowest BCUT2D eigenvalue weighted by Crippen LogP contribution is -2.21. The highest BCUT2D eigenvalue weighted by Crippen LogP contribution is 2.38. The molecule has 1 aromatic heterocycles. The molecule has 0 unspecified atom stereocenters. The first-order valence-corrected chi connectivity index (χ1v) is 12.5. The number of aryl methyl sites for hydroxylation is 1. The van der Waals surface area contributed by atoms with Gasteiger partial charge in [-0.15, -0.1) is 0 Å². The van der Waals surface area contributed by atoms with E-state index in [1.165, 1.54) is 30.1 Å². The summed E-state index contributed by atoms with van der Waals surface area (Å²) in [6, 6.07) is 13.7. The lowest BCUT2D eigenvalue weighted by atomic mass is 9.96. The molecular formula is C30H30N4O6. The van der Waals surface area contributed by atoms with Gasteiger partial charge in [0.1, 0.15) is 12.4 Å². The summed E-state index contributed by atoms with van der Waals surface area (Å²) in [6.45, 7) is 9.66. The summed E-state index contributed by atoms with van der Waals surface area (Å²) in [5.41, 5.74) is 2.67. The predicted molar refractivity (Wildman–Crippen MR) is 155 cm³/mol. The molecule has 0 fully saturated rings. The molecule has 0 N–H and O–H groups in total. The van der Waals surface area contributed by atoms with E-state index in [0.717, 1.165) is 16.9 Å². The number of para-hydroxylation sites is 1. The highest BCUT2D eigenvalue weighted by molar-refractivity contribution is 5.84. The van der Waals surface area contributed by atoms with Crippen molar-refractivity contribution >= 4 is 22.8 Å². The Bertz CT molecular complexity index is 1690. The van der Waals surface area contributed by atoms with Crippen LogP contribution in [0.1, 0.15) is 36.5 Å². The van der Waals surface area contributed by atoms with Gasteiger partial charge in [0.25, 0.3) is 5.56 Å². The topological polar surface area (TPSA) is 118 Å². The van der Waals surface area contributed by atoms with E-state index < -0.39 is 4.92 Å². The third-order valence-electron chi connectivity index (χ3n) is 6.34. The summed E-state index contributed by atoms with van der Waals surface area (Å²) in [5.74, 6) is 1.34.